The van der Waals surface area contributed by atoms with Gasteiger partial charge in [0, 0.05) is 36.3 Å². The number of carboxylic acids is 1. The van der Waals surface area contributed by atoms with E-state index in [1.165, 1.54) is 5.56 Å². The predicted octanol–water partition coefficient (Wildman–Crippen LogP) is 4.61. The molecule has 3 atom stereocenters. The summed E-state index contributed by atoms with van der Waals surface area (Å²) in [7, 11) is 8.09. The second kappa shape index (κ2) is 12.6. The molecule has 0 bridgehead atoms. The number of benzene rings is 2. The Hall–Kier alpha value is -2.90. The van der Waals surface area contributed by atoms with Crippen LogP contribution in [-0.4, -0.2) is 80.3 Å². The van der Waals surface area contributed by atoms with Crippen molar-refractivity contribution in [3.63, 3.8) is 0 Å². The fourth-order valence-electron chi connectivity index (χ4n) is 5.53. The molecule has 2 aromatic rings. The zero-order valence-corrected chi connectivity index (χ0v) is 23.3. The van der Waals surface area contributed by atoms with Crippen LogP contribution in [-0.2, 0) is 16.1 Å². The van der Waals surface area contributed by atoms with Gasteiger partial charge in [0.2, 0.25) is 5.91 Å². The zero-order valence-electron chi connectivity index (χ0n) is 23.3. The van der Waals surface area contributed by atoms with Crippen LogP contribution in [0.3, 0.4) is 0 Å². The lowest BCUT2D eigenvalue weighted by atomic mass is 9.84. The van der Waals surface area contributed by atoms with Crippen LogP contribution in [0, 0.1) is 5.92 Å². The maximum Gasteiger partial charge on any atom is 0.308 e. The number of ether oxygens (including phenoxy) is 1. The van der Waals surface area contributed by atoms with Gasteiger partial charge in [-0.3, -0.25) is 14.5 Å². The number of unbranched alkanes of at least 4 members (excludes halogenated alkanes) is 1. The van der Waals surface area contributed by atoms with E-state index in [-0.39, 0.29) is 24.4 Å². The minimum Gasteiger partial charge on any atom is -0.497 e. The smallest absolute Gasteiger partial charge is 0.308 e. The second-order valence-corrected chi connectivity index (χ2v) is 11.2. The van der Waals surface area contributed by atoms with Crippen LogP contribution in [0.5, 0.6) is 5.75 Å². The fourth-order valence-corrected chi connectivity index (χ4v) is 5.53. The van der Waals surface area contributed by atoms with Crippen molar-refractivity contribution < 1.29 is 23.9 Å². The van der Waals surface area contributed by atoms with E-state index >= 15 is 0 Å². The third kappa shape index (κ3) is 7.33. The average Bonchev–Trinajstić information content (AvgIpc) is 3.22. The van der Waals surface area contributed by atoms with Gasteiger partial charge in [-0.25, -0.2) is 0 Å². The Balaban J connectivity index is 1.86. The molecule has 7 heteroatoms. The van der Waals surface area contributed by atoms with Crippen LogP contribution in [0.15, 0.2) is 48.5 Å². The molecule has 2 aromatic carbocycles. The number of hydrogen-bond donors (Lipinski definition) is 1. The van der Waals surface area contributed by atoms with Crippen molar-refractivity contribution in [1.82, 2.24) is 4.90 Å². The molecule has 1 fully saturated rings. The van der Waals surface area contributed by atoms with Gasteiger partial charge in [0.25, 0.3) is 0 Å². The Kier molecular flexibility index (Phi) is 9.74. The third-order valence-electron chi connectivity index (χ3n) is 7.25. The average molecular weight is 511 g/mol. The molecule has 1 N–H and O–H groups in total. The van der Waals surface area contributed by atoms with Crippen LogP contribution in [0.25, 0.3) is 0 Å². The van der Waals surface area contributed by atoms with E-state index in [9.17, 15) is 14.7 Å². The Labute approximate surface area is 222 Å². The van der Waals surface area contributed by atoms with Crippen molar-refractivity contribution in [2.45, 2.75) is 51.6 Å². The summed E-state index contributed by atoms with van der Waals surface area (Å²) in [5, 5.41) is 10.2. The zero-order chi connectivity index (χ0) is 27.2. The number of carbonyl (C=O) groups excluding carboxylic acids is 1. The van der Waals surface area contributed by atoms with Crippen molar-refractivity contribution in [2.75, 3.05) is 52.8 Å². The van der Waals surface area contributed by atoms with E-state index < -0.39 is 11.9 Å². The number of carbonyl (C=O) groups is 2. The first-order valence-corrected chi connectivity index (χ1v) is 13.4. The first-order valence-electron chi connectivity index (χ1n) is 13.4. The fraction of sp³-hybridized carbons (Fsp3) is 0.533. The van der Waals surface area contributed by atoms with Crippen LogP contribution < -0.4 is 9.64 Å². The minimum absolute atomic E-state index is 0.0221. The van der Waals surface area contributed by atoms with Crippen LogP contribution >= 0.6 is 0 Å². The van der Waals surface area contributed by atoms with Gasteiger partial charge in [0.1, 0.15) is 12.3 Å². The largest absolute Gasteiger partial charge is 0.497 e. The topological polar surface area (TPSA) is 70.1 Å². The molecule has 3 unspecified atom stereocenters. The van der Waals surface area contributed by atoms with Gasteiger partial charge in [0.15, 0.2) is 0 Å². The number of anilines is 1. The van der Waals surface area contributed by atoms with Crippen molar-refractivity contribution in [2.24, 2.45) is 5.92 Å². The van der Waals surface area contributed by atoms with Gasteiger partial charge >= 0.3 is 5.97 Å². The molecule has 1 heterocycles. The summed E-state index contributed by atoms with van der Waals surface area (Å²) in [4.78, 5) is 30.2. The highest BCUT2D eigenvalue weighted by atomic mass is 16.5. The van der Waals surface area contributed by atoms with Crippen LogP contribution in [0.4, 0.5) is 5.69 Å². The number of aliphatic carboxylic acids is 1. The van der Waals surface area contributed by atoms with E-state index in [1.807, 2.05) is 48.2 Å². The summed E-state index contributed by atoms with van der Waals surface area (Å²) in [5.41, 5.74) is 3.08. The second-order valence-electron chi connectivity index (χ2n) is 11.2. The van der Waals surface area contributed by atoms with Gasteiger partial charge in [0.05, 0.1) is 40.7 Å². The van der Waals surface area contributed by atoms with Crippen molar-refractivity contribution in [3.05, 3.63) is 59.7 Å². The number of nitrogens with zero attached hydrogens (tertiary/aromatic N) is 3. The van der Waals surface area contributed by atoms with E-state index in [0.717, 1.165) is 40.9 Å². The van der Waals surface area contributed by atoms with Gasteiger partial charge < -0.3 is 19.2 Å². The van der Waals surface area contributed by atoms with Crippen molar-refractivity contribution >= 4 is 17.6 Å². The van der Waals surface area contributed by atoms with Crippen molar-refractivity contribution in [3.8, 4) is 5.75 Å². The molecule has 7 nitrogen and oxygen atoms in total. The molecule has 0 aromatic heterocycles. The number of rotatable bonds is 12. The molecule has 3 rings (SSSR count). The summed E-state index contributed by atoms with van der Waals surface area (Å²) in [6, 6.07) is 15.7. The number of methoxy groups -OCH3 is 1. The predicted molar refractivity (Wildman–Crippen MR) is 148 cm³/mol. The molecule has 1 amide bonds. The molecule has 0 radical (unpaired) electrons. The summed E-state index contributed by atoms with van der Waals surface area (Å²) in [6.45, 7) is 6.41. The summed E-state index contributed by atoms with van der Waals surface area (Å²) < 4.78 is 6.09. The van der Waals surface area contributed by atoms with Crippen LogP contribution in [0.2, 0.25) is 0 Å². The maximum absolute atomic E-state index is 13.8. The molecule has 1 aliphatic heterocycles. The number of hydrogen-bond acceptors (Lipinski definition) is 4. The number of carboxylic acid groups (broad SMARTS) is 1. The Morgan fingerprint density at radius 1 is 1.11 bits per heavy atom. The highest BCUT2D eigenvalue weighted by molar-refractivity contribution is 5.95. The Morgan fingerprint density at radius 2 is 1.81 bits per heavy atom. The van der Waals surface area contributed by atoms with Gasteiger partial charge in [-0.1, -0.05) is 44.5 Å². The normalized spacial score (nSPS) is 20.1. The molecule has 0 aliphatic carbocycles. The summed E-state index contributed by atoms with van der Waals surface area (Å²) >= 11 is 0. The molecule has 0 saturated carbocycles. The quantitative estimate of drug-likeness (QED) is 0.422. The lowest BCUT2D eigenvalue weighted by molar-refractivity contribution is -0.884. The Bertz CT molecular complexity index is 1050. The Morgan fingerprint density at radius 3 is 2.38 bits per heavy atom. The molecule has 1 saturated heterocycles. The molecule has 1 aliphatic rings. The van der Waals surface area contributed by atoms with E-state index in [4.69, 9.17) is 4.74 Å². The molecular weight excluding hydrogens is 466 g/mol. The summed E-state index contributed by atoms with van der Waals surface area (Å²) in [6.07, 6.45) is 2.57. The molecule has 0 spiro atoms. The van der Waals surface area contributed by atoms with Gasteiger partial charge in [-0.05, 0) is 42.7 Å². The highest BCUT2D eigenvalue weighted by Crippen LogP contribution is 2.39. The molecule has 37 heavy (non-hydrogen) atoms. The lowest BCUT2D eigenvalue weighted by Gasteiger charge is -2.30. The first kappa shape index (κ1) is 28.7. The first-order chi connectivity index (χ1) is 17.6. The maximum atomic E-state index is 13.8. The molecular formula is C30H44N3O4+. The highest BCUT2D eigenvalue weighted by Gasteiger charge is 2.46. The minimum atomic E-state index is -0.807. The number of quaternary nitrogens is 1. The SMILES string of the molecule is CCCCN(C(=O)CN1CC(c2ccc(OC)cc2)C(C(=O)O)C1CC)c1cccc(C[N+](C)(C)C)c1. The van der Waals surface area contributed by atoms with E-state index in [0.29, 0.717) is 19.5 Å². The number of amides is 1. The lowest BCUT2D eigenvalue weighted by Crippen LogP contribution is -2.44. The van der Waals surface area contributed by atoms with Crippen LogP contribution in [0.1, 0.15) is 50.2 Å². The third-order valence-corrected chi connectivity index (χ3v) is 7.25. The number of likely N-dealkylation sites (tertiary alicyclic amines) is 1. The van der Waals surface area contributed by atoms with Crippen molar-refractivity contribution in [1.29, 1.82) is 0 Å². The standard InChI is InChI=1S/C30H43N3O4/c1-7-9-17-32(24-12-10-11-22(18-24)21-33(3,4)5)28(34)20-31-19-26(29(30(35)36)27(31)8-2)23-13-15-25(37-6)16-14-23/h10-16,18,26-27,29H,7-9,17,19-21H2,1-6H3/p+1. The monoisotopic (exact) mass is 510 g/mol. The van der Waals surface area contributed by atoms with Gasteiger partial charge in [-0.15, -0.1) is 0 Å². The van der Waals surface area contributed by atoms with Gasteiger partial charge in [-0.2, -0.15) is 0 Å². The van der Waals surface area contributed by atoms with E-state index in [2.05, 4.69) is 45.1 Å². The molecule has 202 valence electrons. The van der Waals surface area contributed by atoms with E-state index in [1.54, 1.807) is 7.11 Å². The summed E-state index contributed by atoms with van der Waals surface area (Å²) in [5.74, 6) is -0.791.